The molecule has 0 aliphatic rings. The Bertz CT molecular complexity index is 706. The maximum atomic E-state index is 12.0. The van der Waals surface area contributed by atoms with Gasteiger partial charge in [0.1, 0.15) is 0 Å². The molecule has 0 aliphatic carbocycles. The van der Waals surface area contributed by atoms with Gasteiger partial charge in [0, 0.05) is 16.2 Å². The van der Waals surface area contributed by atoms with E-state index in [1.54, 1.807) is 18.2 Å². The van der Waals surface area contributed by atoms with E-state index in [0.29, 0.717) is 20.8 Å². The summed E-state index contributed by atoms with van der Waals surface area (Å²) in [6.07, 6.45) is 1.39. The highest BCUT2D eigenvalue weighted by Gasteiger charge is 2.09. The number of pyridine rings is 1. The van der Waals surface area contributed by atoms with Crippen LogP contribution in [0.3, 0.4) is 0 Å². The summed E-state index contributed by atoms with van der Waals surface area (Å²) in [5, 5.41) is 12.1. The standard InChI is InChI=1S/C14H10BrClN2O3/c15-11-6-8(1-2-12(11)16)13(19)18-7-10-5-9(14(20)21)3-4-17-10/h1-6H,7H2,(H,18,19)(H,20,21). The third kappa shape index (κ3) is 4.03. The number of nitrogens with one attached hydrogen (secondary N) is 1. The third-order valence-electron chi connectivity index (χ3n) is 2.68. The molecule has 0 aliphatic heterocycles. The summed E-state index contributed by atoms with van der Waals surface area (Å²) in [4.78, 5) is 26.8. The van der Waals surface area contributed by atoms with Crippen LogP contribution in [0.15, 0.2) is 41.0 Å². The van der Waals surface area contributed by atoms with Crippen molar-refractivity contribution in [3.05, 3.63) is 62.8 Å². The molecule has 0 unspecified atom stereocenters. The van der Waals surface area contributed by atoms with Crippen LogP contribution in [0, 0.1) is 0 Å². The summed E-state index contributed by atoms with van der Waals surface area (Å²) in [5.41, 5.74) is 1.04. The van der Waals surface area contributed by atoms with Crippen molar-refractivity contribution >= 4 is 39.4 Å². The average Bonchev–Trinajstić information content (AvgIpc) is 2.48. The molecule has 0 atom stereocenters. The topological polar surface area (TPSA) is 79.3 Å². The second-order valence-electron chi connectivity index (χ2n) is 4.15. The largest absolute Gasteiger partial charge is 0.478 e. The van der Waals surface area contributed by atoms with E-state index < -0.39 is 5.97 Å². The van der Waals surface area contributed by atoms with Crippen LogP contribution >= 0.6 is 27.5 Å². The fourth-order valence-corrected chi connectivity index (χ4v) is 2.11. The van der Waals surface area contributed by atoms with E-state index in [9.17, 15) is 9.59 Å². The van der Waals surface area contributed by atoms with Gasteiger partial charge in [0.05, 0.1) is 22.8 Å². The number of hydrogen-bond acceptors (Lipinski definition) is 3. The smallest absolute Gasteiger partial charge is 0.335 e. The summed E-state index contributed by atoms with van der Waals surface area (Å²) < 4.78 is 0.628. The van der Waals surface area contributed by atoms with Crippen LogP contribution in [0.5, 0.6) is 0 Å². The first kappa shape index (κ1) is 15.5. The van der Waals surface area contributed by atoms with Crippen LogP contribution in [0.1, 0.15) is 26.4 Å². The molecule has 0 fully saturated rings. The predicted octanol–water partition coefficient (Wildman–Crippen LogP) is 3.13. The zero-order valence-electron chi connectivity index (χ0n) is 10.6. The van der Waals surface area contributed by atoms with Gasteiger partial charge in [0.15, 0.2) is 0 Å². The SMILES string of the molecule is O=C(O)c1ccnc(CNC(=O)c2ccc(Cl)c(Br)c2)c1. The van der Waals surface area contributed by atoms with E-state index in [0.717, 1.165) is 0 Å². The number of benzene rings is 1. The fourth-order valence-electron chi connectivity index (χ4n) is 1.62. The lowest BCUT2D eigenvalue weighted by Gasteiger charge is -2.06. The summed E-state index contributed by atoms with van der Waals surface area (Å²) in [5.74, 6) is -1.33. The minimum atomic E-state index is -1.04. The summed E-state index contributed by atoms with van der Waals surface area (Å²) in [6, 6.07) is 7.64. The number of nitrogens with zero attached hydrogens (tertiary/aromatic N) is 1. The van der Waals surface area contributed by atoms with E-state index in [1.165, 1.54) is 18.3 Å². The van der Waals surface area contributed by atoms with Crippen molar-refractivity contribution in [3.63, 3.8) is 0 Å². The van der Waals surface area contributed by atoms with Crippen LogP contribution in [0.4, 0.5) is 0 Å². The van der Waals surface area contributed by atoms with E-state index in [-0.39, 0.29) is 18.0 Å². The number of halogens is 2. The van der Waals surface area contributed by atoms with E-state index >= 15 is 0 Å². The van der Waals surface area contributed by atoms with Gasteiger partial charge in [-0.05, 0) is 46.3 Å². The maximum Gasteiger partial charge on any atom is 0.335 e. The Morgan fingerprint density at radius 1 is 1.24 bits per heavy atom. The van der Waals surface area contributed by atoms with Crippen molar-refractivity contribution < 1.29 is 14.7 Å². The Morgan fingerprint density at radius 2 is 2.00 bits per heavy atom. The summed E-state index contributed by atoms with van der Waals surface area (Å²) >= 11 is 9.11. The molecular weight excluding hydrogens is 360 g/mol. The molecule has 0 radical (unpaired) electrons. The molecule has 2 aromatic rings. The molecule has 0 saturated heterocycles. The zero-order chi connectivity index (χ0) is 15.4. The molecule has 0 bridgehead atoms. The fraction of sp³-hybridized carbons (Fsp3) is 0.0714. The number of rotatable bonds is 4. The minimum Gasteiger partial charge on any atom is -0.478 e. The number of aromatic nitrogens is 1. The molecule has 1 amide bonds. The first-order chi connectivity index (χ1) is 9.97. The van der Waals surface area contributed by atoms with E-state index in [4.69, 9.17) is 16.7 Å². The van der Waals surface area contributed by atoms with Gasteiger partial charge in [-0.2, -0.15) is 0 Å². The van der Waals surface area contributed by atoms with Gasteiger partial charge in [-0.3, -0.25) is 9.78 Å². The van der Waals surface area contributed by atoms with Gasteiger partial charge in [0.25, 0.3) is 5.91 Å². The van der Waals surface area contributed by atoms with Crippen molar-refractivity contribution in [2.24, 2.45) is 0 Å². The lowest BCUT2D eigenvalue weighted by molar-refractivity contribution is 0.0696. The molecule has 5 nitrogen and oxygen atoms in total. The third-order valence-corrected chi connectivity index (χ3v) is 3.89. The Hall–Kier alpha value is -1.92. The Morgan fingerprint density at radius 3 is 2.67 bits per heavy atom. The van der Waals surface area contributed by atoms with Gasteiger partial charge < -0.3 is 10.4 Å². The van der Waals surface area contributed by atoms with Crippen molar-refractivity contribution in [1.82, 2.24) is 10.3 Å². The molecule has 21 heavy (non-hydrogen) atoms. The molecule has 0 spiro atoms. The monoisotopic (exact) mass is 368 g/mol. The van der Waals surface area contributed by atoms with Crippen molar-refractivity contribution in [2.75, 3.05) is 0 Å². The van der Waals surface area contributed by atoms with E-state index in [2.05, 4.69) is 26.2 Å². The molecular formula is C14H10BrClN2O3. The molecule has 1 aromatic carbocycles. The van der Waals surface area contributed by atoms with Crippen LogP contribution in [0.25, 0.3) is 0 Å². The maximum absolute atomic E-state index is 12.0. The predicted molar refractivity (Wildman–Crippen MR) is 81.5 cm³/mol. The molecule has 2 N–H and O–H groups in total. The first-order valence-corrected chi connectivity index (χ1v) is 7.06. The number of amides is 1. The molecule has 1 aromatic heterocycles. The summed E-state index contributed by atoms with van der Waals surface area (Å²) in [6.45, 7) is 0.139. The molecule has 0 saturated carbocycles. The Labute approximate surface area is 134 Å². The second kappa shape index (κ2) is 6.69. The van der Waals surface area contributed by atoms with Crippen LogP contribution in [-0.2, 0) is 6.54 Å². The van der Waals surface area contributed by atoms with Crippen LogP contribution < -0.4 is 5.32 Å². The Balaban J connectivity index is 2.05. The average molecular weight is 370 g/mol. The normalized spacial score (nSPS) is 10.2. The number of carboxylic acid groups (broad SMARTS) is 1. The summed E-state index contributed by atoms with van der Waals surface area (Å²) in [7, 11) is 0. The number of hydrogen-bond donors (Lipinski definition) is 2. The minimum absolute atomic E-state index is 0.128. The zero-order valence-corrected chi connectivity index (χ0v) is 13.0. The van der Waals surface area contributed by atoms with Gasteiger partial charge in [-0.25, -0.2) is 4.79 Å². The molecule has 108 valence electrons. The van der Waals surface area contributed by atoms with Gasteiger partial charge in [0.2, 0.25) is 0 Å². The molecule has 2 rings (SSSR count). The number of aromatic carboxylic acids is 1. The number of carbonyl (C=O) groups is 2. The molecule has 1 heterocycles. The number of carboxylic acids is 1. The van der Waals surface area contributed by atoms with Gasteiger partial charge >= 0.3 is 5.97 Å². The first-order valence-electron chi connectivity index (χ1n) is 5.89. The number of carbonyl (C=O) groups excluding carboxylic acids is 1. The quantitative estimate of drug-likeness (QED) is 0.868. The lowest BCUT2D eigenvalue weighted by atomic mass is 10.2. The van der Waals surface area contributed by atoms with Crippen LogP contribution in [-0.4, -0.2) is 22.0 Å². The highest BCUT2D eigenvalue weighted by atomic mass is 79.9. The lowest BCUT2D eigenvalue weighted by Crippen LogP contribution is -2.23. The van der Waals surface area contributed by atoms with Gasteiger partial charge in [-0.1, -0.05) is 11.6 Å². The van der Waals surface area contributed by atoms with Gasteiger partial charge in [-0.15, -0.1) is 0 Å². The van der Waals surface area contributed by atoms with Crippen molar-refractivity contribution in [2.45, 2.75) is 6.54 Å². The van der Waals surface area contributed by atoms with Crippen LogP contribution in [0.2, 0.25) is 5.02 Å². The highest BCUT2D eigenvalue weighted by molar-refractivity contribution is 9.10. The van der Waals surface area contributed by atoms with Crippen molar-refractivity contribution in [1.29, 1.82) is 0 Å². The highest BCUT2D eigenvalue weighted by Crippen LogP contribution is 2.23. The Kier molecular flexibility index (Phi) is 4.93. The van der Waals surface area contributed by atoms with Crippen molar-refractivity contribution in [3.8, 4) is 0 Å². The molecule has 7 heteroatoms. The van der Waals surface area contributed by atoms with E-state index in [1.807, 2.05) is 0 Å². The second-order valence-corrected chi connectivity index (χ2v) is 5.41.